The second kappa shape index (κ2) is 41.8. The molecule has 52 nitrogen and oxygen atoms in total. The lowest BCUT2D eigenvalue weighted by molar-refractivity contribution is -0.401. The number of carbonyl (C=O) groups excluding carboxylic acids is 3. The second-order valence-corrected chi connectivity index (χ2v) is 30.2. The van der Waals surface area contributed by atoms with Crippen LogP contribution < -0.4 is 16.0 Å². The third-order valence-electron chi connectivity index (χ3n) is 22.0. The Morgan fingerprint density at radius 3 is 0.847 bits per heavy atom. The highest BCUT2D eigenvalue weighted by molar-refractivity contribution is 5.74. The zero-order valence-corrected chi connectivity index (χ0v) is 63.6. The molecule has 0 aromatic rings. The summed E-state index contributed by atoms with van der Waals surface area (Å²) in [4.78, 5) is 38.6. The predicted molar refractivity (Wildman–Crippen MR) is 362 cm³/mol. The van der Waals surface area contributed by atoms with Gasteiger partial charge >= 0.3 is 0 Å². The SMILES string of the molecule is CC(=O)N[C@H]1[C@H](O[C@@H]2[C@@H](OC[C@H]3O[C@@H](O[C@H]4[C@H](O)[C@@H](NC(C)=O)C(O)O[C@@H]4CO)[C@@H](O)[C@@H](O[C@H]4O[C@H](CO)[C@@H](O)[C@H](O)[C@@H]4O[C@@H]4O[C@H](CO)[C@@H](O[C@@H]5O[C@H](CO)[C@H](O)[C@H](O)[C@H]5O[C@@H]5O[C@@H](C)[C@@H](O)[C@@H](O)[C@@H]5O)[C@H](O)[C@H]4NC(C)=O)[C@@H]3O)O[C@H](CO)[C@@H](O)[C@@H]2O)O[C@H](CO)[C@@H](O[C@@H]2O[C@H](CO)[C@H](O)[C@H](O)[C@H]2O[C@@H]2O[C@@H](C)[C@@H](O)[C@@H](O)[C@@H]2O)[C@@H]1O. The molecule has 10 aliphatic heterocycles. The molecule has 118 heavy (non-hydrogen) atoms. The highest BCUT2D eigenvalue weighted by Gasteiger charge is 2.62. The van der Waals surface area contributed by atoms with Crippen LogP contribution in [-0.2, 0) is 104 Å². The van der Waals surface area contributed by atoms with E-state index >= 15 is 0 Å². The van der Waals surface area contributed by atoms with Crippen molar-refractivity contribution in [3.63, 3.8) is 0 Å². The molecule has 684 valence electrons. The van der Waals surface area contributed by atoms with Gasteiger partial charge in [0.15, 0.2) is 62.9 Å². The maximum atomic E-state index is 13.1. The van der Waals surface area contributed by atoms with E-state index in [4.69, 9.17) is 90.0 Å². The Bertz CT molecular complexity index is 3140. The van der Waals surface area contributed by atoms with Crippen LogP contribution in [0.25, 0.3) is 0 Å². The molecule has 0 aromatic heterocycles. The molecule has 0 saturated carbocycles. The van der Waals surface area contributed by atoms with Crippen molar-refractivity contribution < 1.29 is 242 Å². The minimum atomic E-state index is -2.53. The molecule has 52 heteroatoms. The lowest BCUT2D eigenvalue weighted by atomic mass is 9.94. The predicted octanol–water partition coefficient (Wildman–Crippen LogP) is -20.3. The van der Waals surface area contributed by atoms with Crippen molar-refractivity contribution in [3.8, 4) is 0 Å². The number of amides is 3. The van der Waals surface area contributed by atoms with Crippen molar-refractivity contribution in [2.75, 3.05) is 52.9 Å². The molecule has 10 saturated heterocycles. The van der Waals surface area contributed by atoms with E-state index in [1.54, 1.807) is 0 Å². The van der Waals surface area contributed by atoms with Crippen LogP contribution in [0, 0.1) is 0 Å². The number of aliphatic hydroxyl groups excluding tert-OH is 27. The zero-order valence-electron chi connectivity index (χ0n) is 63.6. The van der Waals surface area contributed by atoms with Crippen molar-refractivity contribution in [2.24, 2.45) is 0 Å². The van der Waals surface area contributed by atoms with E-state index in [0.717, 1.165) is 20.8 Å². The van der Waals surface area contributed by atoms with Gasteiger partial charge in [0.25, 0.3) is 0 Å². The van der Waals surface area contributed by atoms with Crippen molar-refractivity contribution >= 4 is 17.7 Å². The molecule has 30 N–H and O–H groups in total. The maximum absolute atomic E-state index is 13.1. The summed E-state index contributed by atoms with van der Waals surface area (Å²) >= 11 is 0. The molecule has 10 heterocycles. The maximum Gasteiger partial charge on any atom is 0.217 e. The number of nitrogens with one attached hydrogen (secondary N) is 3. The van der Waals surface area contributed by atoms with Crippen LogP contribution >= 0.6 is 0 Å². The molecule has 0 spiro atoms. The Hall–Kier alpha value is -3.43. The van der Waals surface area contributed by atoms with Crippen molar-refractivity contribution in [1.29, 1.82) is 0 Å². The lowest BCUT2D eigenvalue weighted by Gasteiger charge is -2.51. The summed E-state index contributed by atoms with van der Waals surface area (Å²) < 4.78 is 113. The van der Waals surface area contributed by atoms with Gasteiger partial charge in [-0.2, -0.15) is 0 Å². The van der Waals surface area contributed by atoms with E-state index in [9.17, 15) is 152 Å². The van der Waals surface area contributed by atoms with E-state index in [2.05, 4.69) is 16.0 Å². The van der Waals surface area contributed by atoms with E-state index in [1.807, 2.05) is 0 Å². The summed E-state index contributed by atoms with van der Waals surface area (Å²) in [6.45, 7) is -3.64. The molecule has 0 bridgehead atoms. The summed E-state index contributed by atoms with van der Waals surface area (Å²) in [6, 6.07) is -5.77. The molecule has 0 aromatic carbocycles. The van der Waals surface area contributed by atoms with Crippen LogP contribution in [-0.4, -0.2) is 515 Å². The van der Waals surface area contributed by atoms with Gasteiger partial charge in [-0.1, -0.05) is 0 Å². The van der Waals surface area contributed by atoms with Crippen LogP contribution in [0.15, 0.2) is 0 Å². The summed E-state index contributed by atoms with van der Waals surface area (Å²) in [5.74, 6) is -2.81. The number of rotatable bonds is 29. The molecular weight excluding hydrogens is 1620 g/mol. The molecular formula is C66H111N3O49. The van der Waals surface area contributed by atoms with Gasteiger partial charge in [0, 0.05) is 20.8 Å². The van der Waals surface area contributed by atoms with Crippen molar-refractivity contribution in [3.05, 3.63) is 0 Å². The summed E-state index contributed by atoms with van der Waals surface area (Å²) in [6.07, 6.45) is -96.3. The van der Waals surface area contributed by atoms with Crippen LogP contribution in [0.5, 0.6) is 0 Å². The van der Waals surface area contributed by atoms with E-state index in [1.165, 1.54) is 13.8 Å². The first-order valence-corrected chi connectivity index (χ1v) is 37.9. The highest BCUT2D eigenvalue weighted by Crippen LogP contribution is 2.41. The molecule has 10 aliphatic rings. The average molecular weight is 1730 g/mol. The van der Waals surface area contributed by atoms with Gasteiger partial charge in [-0.05, 0) is 13.8 Å². The fraction of sp³-hybridized carbons (Fsp3) is 0.955. The Morgan fingerprint density at radius 2 is 0.500 bits per heavy atom. The molecule has 0 radical (unpaired) electrons. The van der Waals surface area contributed by atoms with Gasteiger partial charge in [-0.25, -0.2) is 0 Å². The number of ether oxygens (including phenoxy) is 19. The smallest absolute Gasteiger partial charge is 0.217 e. The van der Waals surface area contributed by atoms with Crippen LogP contribution in [0.2, 0.25) is 0 Å². The van der Waals surface area contributed by atoms with Crippen LogP contribution in [0.4, 0.5) is 0 Å². The van der Waals surface area contributed by atoms with Gasteiger partial charge in [-0.15, -0.1) is 0 Å². The Balaban J connectivity index is 0.939. The molecule has 10 fully saturated rings. The summed E-state index contributed by atoms with van der Waals surface area (Å²) in [7, 11) is 0. The number of hydrogen-bond acceptors (Lipinski definition) is 49. The fourth-order valence-corrected chi connectivity index (χ4v) is 15.4. The molecule has 50 atom stereocenters. The Morgan fingerprint density at radius 1 is 0.237 bits per heavy atom. The van der Waals surface area contributed by atoms with Crippen molar-refractivity contribution in [1.82, 2.24) is 16.0 Å². The standard InChI is InChI=1S/C66H111N3O49/c1-14-30(80)40(90)46(96)60(101-14)117-55-44(94)34(84)20(7-71)105-64(55)112-50-24(11-75)108-58(28(38(50)88)68-17(4)78)115-53-42(92)32(82)19(6-70)104-63(53)100-13-26-36(86)52(48(98)62(110-26)111-49-23(10-74)103-57(99)27(37(49)87)67-16(3)77)114-66-54(43(93)33(83)22(9-73)107-66)116-59-29(69-18(5)79)39(89)51(25(12-76)109-59)113-65-56(45(95)35(85)21(8-72)106-65)118-61-47(97)41(91)31(81)15(2)102-61/h14-15,19-66,70-76,80-99H,6-13H2,1-5H3,(H,67,77)(H,68,78)(H,69,79)/t14-,15-,19+,20+,21+,22+,23+,24+,25+,26+,27+,28+,29+,30+,31+,32+,33+,34-,35-,36+,37+,38+,39+,40+,41+,42-,43-,44-,45-,46-,47-,48-,49+,50+,51+,52-,53-,54-,55+,56+,57?,58-,59-,60-,61-,62-,63-,64-,65-,66+/m0/s1. The van der Waals surface area contributed by atoms with E-state index in [0.29, 0.717) is 0 Å². The van der Waals surface area contributed by atoms with Crippen molar-refractivity contribution in [2.45, 2.75) is 341 Å². The van der Waals surface area contributed by atoms with Gasteiger partial charge in [0.2, 0.25) is 17.7 Å². The Labute approximate surface area is 668 Å². The van der Waals surface area contributed by atoms with Gasteiger partial charge in [0.1, 0.15) is 232 Å². The first kappa shape index (κ1) is 96.8. The number of carbonyl (C=O) groups is 3. The third-order valence-corrected chi connectivity index (χ3v) is 22.0. The largest absolute Gasteiger partial charge is 0.394 e. The molecule has 10 rings (SSSR count). The third kappa shape index (κ3) is 20.8. The minimum Gasteiger partial charge on any atom is -0.394 e. The van der Waals surface area contributed by atoms with Crippen LogP contribution in [0.3, 0.4) is 0 Å². The first-order valence-electron chi connectivity index (χ1n) is 37.9. The Kier molecular flexibility index (Phi) is 34.3. The van der Waals surface area contributed by atoms with Gasteiger partial charge in [-0.3, -0.25) is 14.4 Å². The van der Waals surface area contributed by atoms with Crippen LogP contribution in [0.1, 0.15) is 34.6 Å². The minimum absolute atomic E-state index is 0.859. The lowest BCUT2D eigenvalue weighted by Crippen LogP contribution is -2.70. The fourth-order valence-electron chi connectivity index (χ4n) is 15.4. The number of hydrogen-bond donors (Lipinski definition) is 30. The normalized spacial score (nSPS) is 51.1. The number of aliphatic hydroxyl groups is 27. The van der Waals surface area contributed by atoms with Gasteiger partial charge in [0.05, 0.1) is 65.1 Å². The average Bonchev–Trinajstić information content (AvgIpc) is 0.773. The quantitative estimate of drug-likeness (QED) is 0.0331. The highest BCUT2D eigenvalue weighted by atomic mass is 16.8. The second-order valence-electron chi connectivity index (χ2n) is 30.2. The first-order chi connectivity index (χ1) is 55.8. The zero-order chi connectivity index (χ0) is 86.8. The van der Waals surface area contributed by atoms with E-state index in [-0.39, 0.29) is 0 Å². The molecule has 1 unspecified atom stereocenters. The van der Waals surface area contributed by atoms with E-state index < -0.39 is 377 Å². The summed E-state index contributed by atoms with van der Waals surface area (Å²) in [5.41, 5.74) is 0. The molecule has 3 amide bonds. The summed E-state index contributed by atoms with van der Waals surface area (Å²) in [5, 5.41) is 308. The topological polar surface area (TPSA) is 809 Å². The van der Waals surface area contributed by atoms with Gasteiger partial charge < -0.3 is 244 Å². The monoisotopic (exact) mass is 1730 g/mol. The molecule has 0 aliphatic carbocycles.